The Hall–Kier alpha value is -4.74. The highest BCUT2D eigenvalue weighted by atomic mass is 19.4. The third kappa shape index (κ3) is 5.51. The van der Waals surface area contributed by atoms with Crippen molar-refractivity contribution >= 4 is 28.6 Å². The number of H-pyrrole nitrogens is 1. The molecule has 0 spiro atoms. The van der Waals surface area contributed by atoms with Gasteiger partial charge >= 0.3 is 6.18 Å². The predicted molar refractivity (Wildman–Crippen MR) is 144 cm³/mol. The number of hydrogen-bond acceptors (Lipinski definition) is 5. The molecule has 0 unspecified atom stereocenters. The number of carbonyl (C=O) groups is 1. The molecule has 0 atom stereocenters. The van der Waals surface area contributed by atoms with Crippen molar-refractivity contribution in [1.29, 1.82) is 0 Å². The third-order valence-corrected chi connectivity index (χ3v) is 6.59. The van der Waals surface area contributed by atoms with E-state index in [1.54, 1.807) is 40.4 Å². The van der Waals surface area contributed by atoms with Crippen LogP contribution in [0.15, 0.2) is 71.7 Å². The summed E-state index contributed by atoms with van der Waals surface area (Å²) in [6.07, 6.45) is -4.49. The molecule has 12 heteroatoms. The number of halogens is 3. The molecule has 3 aromatic carbocycles. The molecular weight excluding hydrogens is 521 g/mol. The SMILES string of the molecule is Cn1c(=Nc2ccc(C(C)(C)C)cc2)n(Cc2ccc(C(=O)Nc3nnn[nH]3)cc2)c2cc(C(F)(F)F)ccc21. The van der Waals surface area contributed by atoms with Crippen molar-refractivity contribution in [3.63, 3.8) is 0 Å². The molecule has 9 nitrogen and oxygen atoms in total. The molecule has 40 heavy (non-hydrogen) atoms. The second-order valence-electron chi connectivity index (χ2n) is 10.5. The maximum Gasteiger partial charge on any atom is 0.416 e. The minimum atomic E-state index is -4.49. The number of fused-ring (bicyclic) bond motifs is 1. The molecule has 206 valence electrons. The van der Waals surface area contributed by atoms with Crippen molar-refractivity contribution in [2.75, 3.05) is 5.32 Å². The summed E-state index contributed by atoms with van der Waals surface area (Å²) in [5.74, 6) is -0.297. The van der Waals surface area contributed by atoms with E-state index < -0.39 is 17.6 Å². The number of nitrogens with one attached hydrogen (secondary N) is 2. The number of carbonyl (C=O) groups excluding carboxylic acids is 1. The molecule has 5 rings (SSSR count). The molecule has 0 fully saturated rings. The summed E-state index contributed by atoms with van der Waals surface area (Å²) >= 11 is 0. The monoisotopic (exact) mass is 548 g/mol. The second kappa shape index (κ2) is 10.1. The lowest BCUT2D eigenvalue weighted by Gasteiger charge is -2.18. The second-order valence-corrected chi connectivity index (χ2v) is 10.5. The topological polar surface area (TPSA) is 106 Å². The van der Waals surface area contributed by atoms with Crippen LogP contribution >= 0.6 is 0 Å². The fraction of sp³-hybridized carbons (Fsp3) is 0.250. The normalized spacial score (nSPS) is 12.7. The van der Waals surface area contributed by atoms with E-state index >= 15 is 0 Å². The van der Waals surface area contributed by atoms with Crippen molar-refractivity contribution in [1.82, 2.24) is 29.8 Å². The zero-order valence-electron chi connectivity index (χ0n) is 22.3. The Labute approximate surface area is 227 Å². The number of aromatic amines is 1. The molecule has 0 bridgehead atoms. The summed E-state index contributed by atoms with van der Waals surface area (Å²) < 4.78 is 44.4. The van der Waals surface area contributed by atoms with Crippen molar-refractivity contribution in [2.24, 2.45) is 12.0 Å². The molecule has 0 aliphatic heterocycles. The number of anilines is 1. The maximum atomic E-state index is 13.6. The van der Waals surface area contributed by atoms with Crippen LogP contribution in [0.25, 0.3) is 11.0 Å². The Morgan fingerprint density at radius 2 is 1.62 bits per heavy atom. The van der Waals surface area contributed by atoms with Gasteiger partial charge in [-0.05, 0) is 69.4 Å². The lowest BCUT2D eigenvalue weighted by molar-refractivity contribution is -0.137. The number of alkyl halides is 3. The van der Waals surface area contributed by atoms with Gasteiger partial charge in [0.05, 0.1) is 28.8 Å². The third-order valence-electron chi connectivity index (χ3n) is 6.59. The number of aromatic nitrogens is 6. The van der Waals surface area contributed by atoms with Crippen LogP contribution in [-0.2, 0) is 25.2 Å². The van der Waals surface area contributed by atoms with Crippen LogP contribution in [0.2, 0.25) is 0 Å². The summed E-state index contributed by atoms with van der Waals surface area (Å²) in [4.78, 5) is 17.3. The van der Waals surface area contributed by atoms with Crippen LogP contribution in [0.1, 0.15) is 47.8 Å². The number of nitrogens with zero attached hydrogens (tertiary/aromatic N) is 6. The first-order valence-electron chi connectivity index (χ1n) is 12.5. The van der Waals surface area contributed by atoms with Crippen LogP contribution in [0, 0.1) is 0 Å². The number of aryl methyl sites for hydroxylation is 1. The number of tetrazole rings is 1. The summed E-state index contributed by atoms with van der Waals surface area (Å²) in [5, 5.41) is 15.4. The zero-order chi connectivity index (χ0) is 28.7. The van der Waals surface area contributed by atoms with Gasteiger partial charge < -0.3 is 9.13 Å². The van der Waals surface area contributed by atoms with Gasteiger partial charge in [-0.25, -0.2) is 10.1 Å². The van der Waals surface area contributed by atoms with Gasteiger partial charge in [0.2, 0.25) is 11.6 Å². The maximum absolute atomic E-state index is 13.6. The lowest BCUT2D eigenvalue weighted by Crippen LogP contribution is -2.24. The smallest absolute Gasteiger partial charge is 0.313 e. The van der Waals surface area contributed by atoms with Crippen LogP contribution in [0.5, 0.6) is 0 Å². The van der Waals surface area contributed by atoms with Gasteiger partial charge in [-0.1, -0.05) is 50.1 Å². The largest absolute Gasteiger partial charge is 0.416 e. The number of rotatable bonds is 5. The molecular formula is C28H27F3N8O. The average molecular weight is 549 g/mol. The van der Waals surface area contributed by atoms with Gasteiger partial charge in [0.15, 0.2) is 0 Å². The Balaban J connectivity index is 1.56. The van der Waals surface area contributed by atoms with Crippen molar-refractivity contribution < 1.29 is 18.0 Å². The van der Waals surface area contributed by atoms with Gasteiger partial charge in [0.25, 0.3) is 5.91 Å². The fourth-order valence-electron chi connectivity index (χ4n) is 4.37. The van der Waals surface area contributed by atoms with Crippen LogP contribution in [0.3, 0.4) is 0 Å². The van der Waals surface area contributed by atoms with Crippen LogP contribution in [0.4, 0.5) is 24.8 Å². The first kappa shape index (κ1) is 26.9. The molecule has 0 saturated heterocycles. The van der Waals surface area contributed by atoms with E-state index in [1.807, 2.05) is 24.3 Å². The molecule has 0 radical (unpaired) electrons. The van der Waals surface area contributed by atoms with E-state index in [1.165, 1.54) is 6.07 Å². The Kier molecular flexibility index (Phi) is 6.78. The Morgan fingerprint density at radius 3 is 2.23 bits per heavy atom. The van der Waals surface area contributed by atoms with E-state index in [2.05, 4.69) is 46.7 Å². The van der Waals surface area contributed by atoms with Gasteiger partial charge in [-0.15, -0.1) is 0 Å². The summed E-state index contributed by atoms with van der Waals surface area (Å²) in [7, 11) is 1.78. The Bertz CT molecular complexity index is 1720. The minimum absolute atomic E-state index is 0.0269. The zero-order valence-corrected chi connectivity index (χ0v) is 22.3. The molecule has 2 heterocycles. The van der Waals surface area contributed by atoms with Crippen LogP contribution in [-0.4, -0.2) is 35.7 Å². The molecule has 2 N–H and O–H groups in total. The predicted octanol–water partition coefficient (Wildman–Crippen LogP) is 5.34. The van der Waals surface area contributed by atoms with E-state index in [4.69, 9.17) is 4.99 Å². The van der Waals surface area contributed by atoms with Crippen molar-refractivity contribution in [3.8, 4) is 0 Å². The van der Waals surface area contributed by atoms with E-state index in [0.29, 0.717) is 27.9 Å². The van der Waals surface area contributed by atoms with Gasteiger partial charge in [0, 0.05) is 12.6 Å². The van der Waals surface area contributed by atoms with Gasteiger partial charge in [-0.2, -0.15) is 13.2 Å². The number of hydrogen-bond donors (Lipinski definition) is 2. The highest BCUT2D eigenvalue weighted by Crippen LogP contribution is 2.31. The first-order chi connectivity index (χ1) is 18.9. The summed E-state index contributed by atoms with van der Waals surface area (Å²) in [5.41, 5.74) is 3.68. The molecule has 0 aliphatic rings. The molecule has 5 aromatic rings. The molecule has 0 saturated carbocycles. The van der Waals surface area contributed by atoms with Gasteiger partial charge in [-0.3, -0.25) is 10.1 Å². The molecule has 2 aromatic heterocycles. The average Bonchev–Trinajstić information content (AvgIpc) is 3.50. The highest BCUT2D eigenvalue weighted by Gasteiger charge is 2.31. The molecule has 0 aliphatic carbocycles. The van der Waals surface area contributed by atoms with Crippen molar-refractivity contribution in [3.05, 3.63) is 94.6 Å². The highest BCUT2D eigenvalue weighted by molar-refractivity contribution is 6.03. The standard InChI is InChI=1S/C28H27F3N8O/c1-27(2,3)19-9-12-21(13-10-19)32-26-38(4)22-14-11-20(28(29,30)31)15-23(22)39(26)16-17-5-7-18(8-6-17)24(40)33-25-34-36-37-35-25/h5-15H,16H2,1-4H3,(H2,33,34,35,36,37,40). The van der Waals surface area contributed by atoms with Crippen molar-refractivity contribution in [2.45, 2.75) is 38.9 Å². The van der Waals surface area contributed by atoms with E-state index in [9.17, 15) is 18.0 Å². The van der Waals surface area contributed by atoms with Crippen LogP contribution < -0.4 is 10.9 Å². The van der Waals surface area contributed by atoms with E-state index in [0.717, 1.165) is 23.3 Å². The van der Waals surface area contributed by atoms with E-state index in [-0.39, 0.29) is 17.9 Å². The number of benzene rings is 3. The summed E-state index contributed by atoms with van der Waals surface area (Å²) in [6, 6.07) is 18.2. The lowest BCUT2D eigenvalue weighted by atomic mass is 9.87. The summed E-state index contributed by atoms with van der Waals surface area (Å²) in [6.45, 7) is 6.59. The number of imidazole rings is 1. The molecule has 1 amide bonds. The number of amides is 1. The Morgan fingerprint density at radius 1 is 0.950 bits per heavy atom. The fourth-order valence-corrected chi connectivity index (χ4v) is 4.37. The minimum Gasteiger partial charge on any atom is -0.313 e. The quantitative estimate of drug-likeness (QED) is 0.309. The van der Waals surface area contributed by atoms with Gasteiger partial charge in [0.1, 0.15) is 0 Å². The first-order valence-corrected chi connectivity index (χ1v) is 12.5.